The molecule has 1 aromatic rings. The van der Waals surface area contributed by atoms with Gasteiger partial charge < -0.3 is 10.1 Å². The number of fused-ring (bicyclic) bond motifs is 2. The van der Waals surface area contributed by atoms with Crippen molar-refractivity contribution in [3.8, 4) is 0 Å². The molecule has 2 saturated carbocycles. The summed E-state index contributed by atoms with van der Waals surface area (Å²) in [5.74, 6) is 2.39. The summed E-state index contributed by atoms with van der Waals surface area (Å²) in [7, 11) is 0. The van der Waals surface area contributed by atoms with Gasteiger partial charge in [-0.15, -0.1) is 11.8 Å². The maximum atomic E-state index is 11.9. The third-order valence-electron chi connectivity index (χ3n) is 5.39. The third kappa shape index (κ3) is 5.50. The van der Waals surface area contributed by atoms with Gasteiger partial charge in [-0.1, -0.05) is 24.1 Å². The summed E-state index contributed by atoms with van der Waals surface area (Å²) >= 11 is 1.70. The zero-order chi connectivity index (χ0) is 17.6. The van der Waals surface area contributed by atoms with Crippen molar-refractivity contribution in [2.24, 2.45) is 17.8 Å². The molecule has 1 N–H and O–H groups in total. The number of hydrogen-bond acceptors (Lipinski definition) is 4. The molecule has 1 amide bonds. The lowest BCUT2D eigenvalue weighted by Crippen LogP contribution is -2.31. The lowest BCUT2D eigenvalue weighted by molar-refractivity contribution is -0.149. The number of ether oxygens (including phenoxy) is 1. The Morgan fingerprint density at radius 1 is 1.20 bits per heavy atom. The number of hydrogen-bond donors (Lipinski definition) is 1. The highest BCUT2D eigenvalue weighted by Crippen LogP contribution is 2.49. The second kappa shape index (κ2) is 8.75. The van der Waals surface area contributed by atoms with Gasteiger partial charge in [-0.2, -0.15) is 0 Å². The minimum absolute atomic E-state index is 0.158. The molecule has 0 heterocycles. The largest absolute Gasteiger partial charge is 0.456 e. The molecule has 2 fully saturated rings. The van der Waals surface area contributed by atoms with Gasteiger partial charge in [0.05, 0.1) is 0 Å². The van der Waals surface area contributed by atoms with E-state index in [1.165, 1.54) is 36.1 Å². The first kappa shape index (κ1) is 18.3. The lowest BCUT2D eigenvalue weighted by Gasteiger charge is -2.20. The van der Waals surface area contributed by atoms with Gasteiger partial charge in [0.15, 0.2) is 6.61 Å². The lowest BCUT2D eigenvalue weighted by atomic mass is 9.86. The molecule has 0 saturated heterocycles. The van der Waals surface area contributed by atoms with Crippen molar-refractivity contribution < 1.29 is 14.3 Å². The highest BCUT2D eigenvalue weighted by atomic mass is 32.2. The van der Waals surface area contributed by atoms with Crippen LogP contribution in [0.2, 0.25) is 0 Å². The monoisotopic (exact) mass is 361 g/mol. The van der Waals surface area contributed by atoms with Crippen molar-refractivity contribution in [2.45, 2.75) is 43.9 Å². The van der Waals surface area contributed by atoms with E-state index in [1.54, 1.807) is 11.8 Å². The summed E-state index contributed by atoms with van der Waals surface area (Å²) in [5, 5.41) is 2.80. The summed E-state index contributed by atoms with van der Waals surface area (Å²) in [6.07, 6.45) is 5.54. The van der Waals surface area contributed by atoms with E-state index in [0.29, 0.717) is 24.8 Å². The fraction of sp³-hybridized carbons (Fsp3) is 0.600. The van der Waals surface area contributed by atoms with Crippen molar-refractivity contribution in [1.29, 1.82) is 0 Å². The van der Waals surface area contributed by atoms with Crippen molar-refractivity contribution >= 4 is 23.6 Å². The van der Waals surface area contributed by atoms with Crippen molar-refractivity contribution in [3.63, 3.8) is 0 Å². The molecular weight excluding hydrogens is 334 g/mol. The van der Waals surface area contributed by atoms with E-state index < -0.39 is 0 Å². The molecule has 0 aliphatic heterocycles. The molecule has 25 heavy (non-hydrogen) atoms. The van der Waals surface area contributed by atoms with Gasteiger partial charge in [0, 0.05) is 23.6 Å². The molecule has 0 spiro atoms. The number of amides is 1. The fourth-order valence-electron chi connectivity index (χ4n) is 4.09. The van der Waals surface area contributed by atoms with Crippen LogP contribution in [0, 0.1) is 24.7 Å². The molecule has 1 aromatic carbocycles. The van der Waals surface area contributed by atoms with E-state index in [1.807, 2.05) is 0 Å². The Hall–Kier alpha value is -1.49. The Balaban J connectivity index is 1.25. The Morgan fingerprint density at radius 3 is 2.68 bits per heavy atom. The molecule has 2 aliphatic rings. The van der Waals surface area contributed by atoms with E-state index in [-0.39, 0.29) is 18.5 Å². The van der Waals surface area contributed by atoms with Crippen LogP contribution in [-0.2, 0) is 14.3 Å². The van der Waals surface area contributed by atoms with E-state index in [9.17, 15) is 9.59 Å². The number of benzene rings is 1. The third-order valence-corrected chi connectivity index (χ3v) is 6.41. The standard InChI is InChI=1S/C20H27NO3S/c1-14-2-6-18(7-3-14)25-9-8-21-19(22)13-24-20(23)12-17-11-15-4-5-16(17)10-15/h2-3,6-7,15-17H,4-5,8-13H2,1H3,(H,21,22)/t15-,16+,17+/m0/s1. The quantitative estimate of drug-likeness (QED) is 0.437. The number of aryl methyl sites for hydroxylation is 1. The van der Waals surface area contributed by atoms with Crippen LogP contribution in [0.25, 0.3) is 0 Å². The van der Waals surface area contributed by atoms with Crippen LogP contribution in [0.5, 0.6) is 0 Å². The molecule has 2 bridgehead atoms. The molecule has 3 atom stereocenters. The fourth-order valence-corrected chi connectivity index (χ4v) is 4.86. The average Bonchev–Trinajstić information content (AvgIpc) is 3.21. The average molecular weight is 362 g/mol. The van der Waals surface area contributed by atoms with E-state index >= 15 is 0 Å². The van der Waals surface area contributed by atoms with Crippen LogP contribution in [0.15, 0.2) is 29.2 Å². The number of thioether (sulfide) groups is 1. The van der Waals surface area contributed by atoms with E-state index in [2.05, 4.69) is 36.5 Å². The molecule has 4 nitrogen and oxygen atoms in total. The Kier molecular flexibility index (Phi) is 6.40. The Bertz CT molecular complexity index is 601. The van der Waals surface area contributed by atoms with Gasteiger partial charge >= 0.3 is 5.97 Å². The Labute approximate surface area is 154 Å². The normalized spacial score (nSPS) is 24.3. The van der Waals surface area contributed by atoms with Gasteiger partial charge in [0.1, 0.15) is 0 Å². The minimum atomic E-state index is -0.221. The van der Waals surface area contributed by atoms with Crippen molar-refractivity contribution in [3.05, 3.63) is 29.8 Å². The van der Waals surface area contributed by atoms with Gasteiger partial charge in [0.25, 0.3) is 5.91 Å². The van der Waals surface area contributed by atoms with Crippen LogP contribution in [0.1, 0.15) is 37.7 Å². The number of carbonyl (C=O) groups is 2. The van der Waals surface area contributed by atoms with E-state index in [4.69, 9.17) is 4.74 Å². The van der Waals surface area contributed by atoms with Crippen molar-refractivity contribution in [1.82, 2.24) is 5.32 Å². The summed E-state index contributed by atoms with van der Waals surface area (Å²) in [6.45, 7) is 2.48. The summed E-state index contributed by atoms with van der Waals surface area (Å²) in [5.41, 5.74) is 1.24. The zero-order valence-electron chi connectivity index (χ0n) is 14.8. The van der Waals surface area contributed by atoms with Gasteiger partial charge in [0.2, 0.25) is 0 Å². The van der Waals surface area contributed by atoms with Gasteiger partial charge in [-0.25, -0.2) is 0 Å². The van der Waals surface area contributed by atoms with Gasteiger partial charge in [-0.05, 0) is 56.1 Å². The molecule has 136 valence electrons. The SMILES string of the molecule is Cc1ccc(SCCNC(=O)COC(=O)C[C@H]2C[C@H]3CC[C@@H]2C3)cc1. The summed E-state index contributed by atoms with van der Waals surface area (Å²) in [4.78, 5) is 24.9. The maximum Gasteiger partial charge on any atom is 0.306 e. The van der Waals surface area contributed by atoms with Crippen LogP contribution >= 0.6 is 11.8 Å². The first-order chi connectivity index (χ1) is 12.1. The second-order valence-electron chi connectivity index (χ2n) is 7.31. The smallest absolute Gasteiger partial charge is 0.306 e. The van der Waals surface area contributed by atoms with Crippen LogP contribution in [0.4, 0.5) is 0 Å². The predicted molar refractivity (Wildman–Crippen MR) is 99.4 cm³/mol. The summed E-state index contributed by atoms with van der Waals surface area (Å²) in [6, 6.07) is 8.33. The molecule has 3 rings (SSSR count). The zero-order valence-corrected chi connectivity index (χ0v) is 15.6. The predicted octanol–water partition coefficient (Wildman–Crippen LogP) is 3.57. The van der Waals surface area contributed by atoms with Crippen LogP contribution in [-0.4, -0.2) is 30.8 Å². The number of nitrogens with one attached hydrogen (secondary N) is 1. The first-order valence-electron chi connectivity index (χ1n) is 9.22. The van der Waals surface area contributed by atoms with Gasteiger partial charge in [-0.3, -0.25) is 9.59 Å². The highest BCUT2D eigenvalue weighted by molar-refractivity contribution is 7.99. The molecule has 0 radical (unpaired) electrons. The van der Waals surface area contributed by atoms with Crippen molar-refractivity contribution in [2.75, 3.05) is 18.9 Å². The van der Waals surface area contributed by atoms with E-state index in [0.717, 1.165) is 11.7 Å². The minimum Gasteiger partial charge on any atom is -0.456 e. The molecular formula is C20H27NO3S. The summed E-state index contributed by atoms with van der Waals surface area (Å²) < 4.78 is 5.14. The Morgan fingerprint density at radius 2 is 2.00 bits per heavy atom. The molecule has 5 heteroatoms. The molecule has 0 unspecified atom stereocenters. The number of esters is 1. The molecule has 0 aromatic heterocycles. The topological polar surface area (TPSA) is 55.4 Å². The maximum absolute atomic E-state index is 11.9. The first-order valence-corrected chi connectivity index (χ1v) is 10.2. The number of carbonyl (C=O) groups excluding carboxylic acids is 2. The number of rotatable bonds is 8. The van der Waals surface area contributed by atoms with Crippen LogP contribution in [0.3, 0.4) is 0 Å². The van der Waals surface area contributed by atoms with Crippen LogP contribution < -0.4 is 5.32 Å². The molecule has 2 aliphatic carbocycles. The second-order valence-corrected chi connectivity index (χ2v) is 8.48. The highest BCUT2D eigenvalue weighted by Gasteiger charge is 2.40.